The van der Waals surface area contributed by atoms with Crippen LogP contribution in [-0.2, 0) is 6.61 Å². The van der Waals surface area contributed by atoms with E-state index < -0.39 is 5.63 Å². The molecular weight excluding hydrogens is 468 g/mol. The van der Waals surface area contributed by atoms with Gasteiger partial charge in [0, 0.05) is 28.3 Å². The fraction of sp³-hybridized carbons (Fsp3) is 0.0333. The molecule has 6 heteroatoms. The standard InChI is InChI=1S/C30H20N2O3S/c33-28-16-22(29-24-9-5-4-6-19(24)12-15-27(29)35-28)18-34-23-13-10-21(11-14-23)26-17-25(31-30(36)32-26)20-7-2-1-3-8-20/h1-17H,18H2,(H,31,32,36). The first kappa shape index (κ1) is 21.9. The maximum atomic E-state index is 12.2. The van der Waals surface area contributed by atoms with Gasteiger partial charge in [-0.15, -0.1) is 0 Å². The summed E-state index contributed by atoms with van der Waals surface area (Å²) < 4.78 is 12.0. The van der Waals surface area contributed by atoms with Crippen LogP contribution in [0.25, 0.3) is 44.3 Å². The van der Waals surface area contributed by atoms with E-state index in [-0.39, 0.29) is 6.61 Å². The van der Waals surface area contributed by atoms with Gasteiger partial charge in [-0.3, -0.25) is 0 Å². The molecule has 0 spiro atoms. The zero-order chi connectivity index (χ0) is 24.5. The van der Waals surface area contributed by atoms with Crippen molar-refractivity contribution in [3.05, 3.63) is 124 Å². The first-order chi connectivity index (χ1) is 17.6. The summed E-state index contributed by atoms with van der Waals surface area (Å²) in [6.07, 6.45) is 0. The summed E-state index contributed by atoms with van der Waals surface area (Å²) in [6, 6.07) is 33.0. The summed E-state index contributed by atoms with van der Waals surface area (Å²) in [6.45, 7) is 0.241. The highest BCUT2D eigenvalue weighted by molar-refractivity contribution is 7.71. The van der Waals surface area contributed by atoms with Crippen molar-refractivity contribution in [3.8, 4) is 28.3 Å². The Morgan fingerprint density at radius 1 is 0.833 bits per heavy atom. The minimum atomic E-state index is -0.395. The van der Waals surface area contributed by atoms with Crippen molar-refractivity contribution in [1.29, 1.82) is 0 Å². The molecule has 5 nitrogen and oxygen atoms in total. The molecule has 6 aromatic rings. The molecular formula is C30H20N2O3S. The number of aromatic amines is 1. The highest BCUT2D eigenvalue weighted by atomic mass is 32.1. The smallest absolute Gasteiger partial charge is 0.336 e. The quantitative estimate of drug-likeness (QED) is 0.157. The number of hydrogen-bond donors (Lipinski definition) is 1. The van der Waals surface area contributed by atoms with Gasteiger partial charge in [-0.1, -0.05) is 60.7 Å². The van der Waals surface area contributed by atoms with Crippen LogP contribution in [0.3, 0.4) is 0 Å². The number of ether oxygens (including phenoxy) is 1. The Kier molecular flexibility index (Phi) is 5.64. The number of H-pyrrole nitrogens is 1. The molecule has 0 amide bonds. The lowest BCUT2D eigenvalue weighted by atomic mass is 10.0. The molecule has 0 fully saturated rings. The van der Waals surface area contributed by atoms with Crippen molar-refractivity contribution in [3.63, 3.8) is 0 Å². The van der Waals surface area contributed by atoms with Gasteiger partial charge in [0.2, 0.25) is 0 Å². The van der Waals surface area contributed by atoms with Crippen LogP contribution in [0.15, 0.2) is 112 Å². The summed E-state index contributed by atoms with van der Waals surface area (Å²) >= 11 is 5.37. The van der Waals surface area contributed by atoms with Gasteiger partial charge in [0.25, 0.3) is 0 Å². The molecule has 0 aliphatic rings. The normalized spacial score (nSPS) is 11.1. The predicted octanol–water partition coefficient (Wildman–Crippen LogP) is 7.31. The second kappa shape index (κ2) is 9.24. The Labute approximate surface area is 211 Å². The van der Waals surface area contributed by atoms with E-state index in [1.54, 1.807) is 0 Å². The van der Waals surface area contributed by atoms with Crippen LogP contribution in [0, 0.1) is 4.77 Å². The lowest BCUT2D eigenvalue weighted by Crippen LogP contribution is -2.04. The maximum absolute atomic E-state index is 12.2. The number of nitrogens with zero attached hydrogens (tertiary/aromatic N) is 1. The predicted molar refractivity (Wildman–Crippen MR) is 145 cm³/mol. The van der Waals surface area contributed by atoms with Crippen molar-refractivity contribution in [2.45, 2.75) is 6.61 Å². The van der Waals surface area contributed by atoms with E-state index in [2.05, 4.69) is 9.97 Å². The third kappa shape index (κ3) is 4.30. The first-order valence-electron chi connectivity index (χ1n) is 11.5. The highest BCUT2D eigenvalue weighted by Gasteiger charge is 2.11. The zero-order valence-corrected chi connectivity index (χ0v) is 19.9. The monoisotopic (exact) mass is 488 g/mol. The van der Waals surface area contributed by atoms with Crippen molar-refractivity contribution in [2.24, 2.45) is 0 Å². The summed E-state index contributed by atoms with van der Waals surface area (Å²) in [4.78, 5) is 19.8. The summed E-state index contributed by atoms with van der Waals surface area (Å²) in [5.41, 5.74) is 4.60. The molecule has 0 saturated carbocycles. The van der Waals surface area contributed by atoms with E-state index in [1.807, 2.05) is 97.1 Å². The van der Waals surface area contributed by atoms with E-state index in [0.717, 1.165) is 44.2 Å². The van der Waals surface area contributed by atoms with Crippen molar-refractivity contribution in [2.75, 3.05) is 0 Å². The van der Waals surface area contributed by atoms with E-state index >= 15 is 0 Å². The minimum Gasteiger partial charge on any atom is -0.489 e. The Bertz CT molecular complexity index is 1820. The van der Waals surface area contributed by atoms with E-state index in [0.29, 0.717) is 16.1 Å². The molecule has 0 aliphatic heterocycles. The zero-order valence-electron chi connectivity index (χ0n) is 19.1. The molecule has 0 aliphatic carbocycles. The van der Waals surface area contributed by atoms with Gasteiger partial charge in [0.05, 0.1) is 5.69 Å². The maximum Gasteiger partial charge on any atom is 0.336 e. The lowest BCUT2D eigenvalue weighted by molar-refractivity contribution is 0.307. The molecule has 0 unspecified atom stereocenters. The number of nitrogens with one attached hydrogen (secondary N) is 1. The molecule has 4 aromatic carbocycles. The SMILES string of the molecule is O=c1cc(COc2ccc(-c3cc(-c4ccccc4)nc(=S)[nH]3)cc2)c2c(ccc3ccccc32)o1. The number of rotatable bonds is 5. The van der Waals surface area contributed by atoms with E-state index in [4.69, 9.17) is 21.4 Å². The van der Waals surface area contributed by atoms with Crippen LogP contribution in [0.2, 0.25) is 0 Å². The van der Waals surface area contributed by atoms with Gasteiger partial charge >= 0.3 is 5.63 Å². The number of benzene rings is 4. The van der Waals surface area contributed by atoms with Crippen LogP contribution in [0.1, 0.15) is 5.56 Å². The lowest BCUT2D eigenvalue weighted by Gasteiger charge is -2.11. The number of aromatic nitrogens is 2. The van der Waals surface area contributed by atoms with Crippen LogP contribution in [-0.4, -0.2) is 9.97 Å². The van der Waals surface area contributed by atoms with Crippen LogP contribution in [0.5, 0.6) is 5.75 Å². The first-order valence-corrected chi connectivity index (χ1v) is 11.9. The van der Waals surface area contributed by atoms with Crippen LogP contribution >= 0.6 is 12.2 Å². The molecule has 0 bridgehead atoms. The molecule has 174 valence electrons. The minimum absolute atomic E-state index is 0.241. The molecule has 36 heavy (non-hydrogen) atoms. The fourth-order valence-corrected chi connectivity index (χ4v) is 4.60. The van der Waals surface area contributed by atoms with Gasteiger partial charge in [0.15, 0.2) is 4.77 Å². The van der Waals surface area contributed by atoms with Crippen molar-refractivity contribution in [1.82, 2.24) is 9.97 Å². The van der Waals surface area contributed by atoms with Gasteiger partial charge in [-0.05, 0) is 65.0 Å². The Morgan fingerprint density at radius 3 is 2.44 bits per heavy atom. The van der Waals surface area contributed by atoms with Crippen LogP contribution < -0.4 is 10.4 Å². The second-order valence-electron chi connectivity index (χ2n) is 8.41. The molecule has 2 heterocycles. The van der Waals surface area contributed by atoms with Gasteiger partial charge < -0.3 is 14.1 Å². The summed E-state index contributed by atoms with van der Waals surface area (Å²) in [5, 5.41) is 2.99. The van der Waals surface area contributed by atoms with Gasteiger partial charge in [-0.2, -0.15) is 0 Å². The second-order valence-corrected chi connectivity index (χ2v) is 8.80. The molecule has 0 radical (unpaired) electrons. The third-order valence-corrected chi connectivity index (χ3v) is 6.28. The Morgan fingerprint density at radius 2 is 1.61 bits per heavy atom. The average molecular weight is 489 g/mol. The van der Waals surface area contributed by atoms with E-state index in [9.17, 15) is 4.79 Å². The third-order valence-electron chi connectivity index (χ3n) is 6.09. The molecule has 2 aromatic heterocycles. The topological polar surface area (TPSA) is 68.1 Å². The van der Waals surface area contributed by atoms with Crippen molar-refractivity contribution < 1.29 is 9.15 Å². The molecule has 0 saturated heterocycles. The van der Waals surface area contributed by atoms with Gasteiger partial charge in [-0.25, -0.2) is 9.78 Å². The van der Waals surface area contributed by atoms with Crippen LogP contribution in [0.4, 0.5) is 0 Å². The number of fused-ring (bicyclic) bond motifs is 3. The fourth-order valence-electron chi connectivity index (χ4n) is 4.40. The van der Waals surface area contributed by atoms with E-state index in [1.165, 1.54) is 6.07 Å². The summed E-state index contributed by atoms with van der Waals surface area (Å²) in [5.74, 6) is 0.691. The molecule has 0 atom stereocenters. The van der Waals surface area contributed by atoms with Crippen molar-refractivity contribution >= 4 is 34.0 Å². The Balaban J connectivity index is 1.29. The largest absolute Gasteiger partial charge is 0.489 e. The highest BCUT2D eigenvalue weighted by Crippen LogP contribution is 2.29. The molecule has 1 N–H and O–H groups in total. The average Bonchev–Trinajstić information content (AvgIpc) is 2.92. The molecule has 6 rings (SSSR count). The summed E-state index contributed by atoms with van der Waals surface area (Å²) in [7, 11) is 0. The Hall–Kier alpha value is -4.55. The van der Waals surface area contributed by atoms with Gasteiger partial charge in [0.1, 0.15) is 17.9 Å². The number of hydrogen-bond acceptors (Lipinski definition) is 5.